The zero-order chi connectivity index (χ0) is 22.8. The van der Waals surface area contributed by atoms with E-state index in [2.05, 4.69) is 81.2 Å². The number of hydrogen-bond donors (Lipinski definition) is 0. The molecule has 2 saturated heterocycles. The first-order chi connectivity index (χ1) is 13.7. The van der Waals surface area contributed by atoms with Gasteiger partial charge in [0, 0.05) is 0 Å². The lowest BCUT2D eigenvalue weighted by molar-refractivity contribution is 0.00578. The molecule has 30 heavy (non-hydrogen) atoms. The van der Waals surface area contributed by atoms with Crippen LogP contribution in [-0.2, 0) is 18.6 Å². The topological polar surface area (TPSA) is 36.9 Å². The molecule has 0 aliphatic carbocycles. The van der Waals surface area contributed by atoms with Crippen LogP contribution < -0.4 is 0 Å². The minimum atomic E-state index is -0.330. The van der Waals surface area contributed by atoms with Gasteiger partial charge in [-0.3, -0.25) is 0 Å². The normalized spacial score (nSPS) is 25.3. The molecule has 0 aromatic heterocycles. The third-order valence-electron chi connectivity index (χ3n) is 7.23. The number of unbranched alkanes of at least 4 members (excludes halogenated alkanes) is 2. The van der Waals surface area contributed by atoms with E-state index < -0.39 is 0 Å². The highest BCUT2D eigenvalue weighted by molar-refractivity contribution is 6.53. The van der Waals surface area contributed by atoms with Crippen molar-refractivity contribution in [1.29, 1.82) is 0 Å². The average molecular weight is 418 g/mol. The van der Waals surface area contributed by atoms with Gasteiger partial charge in [-0.2, -0.15) is 0 Å². The van der Waals surface area contributed by atoms with E-state index in [0.717, 1.165) is 38.5 Å². The Morgan fingerprint density at radius 3 is 1.07 bits per heavy atom. The van der Waals surface area contributed by atoms with E-state index in [1.54, 1.807) is 0 Å². The predicted molar refractivity (Wildman–Crippen MR) is 127 cm³/mol. The molecule has 0 radical (unpaired) electrons. The van der Waals surface area contributed by atoms with E-state index in [9.17, 15) is 0 Å². The van der Waals surface area contributed by atoms with Crippen molar-refractivity contribution >= 4 is 14.2 Å². The van der Waals surface area contributed by atoms with E-state index in [-0.39, 0.29) is 36.6 Å². The molecule has 2 aliphatic rings. The van der Waals surface area contributed by atoms with Crippen molar-refractivity contribution in [1.82, 2.24) is 0 Å². The summed E-state index contributed by atoms with van der Waals surface area (Å²) in [7, 11) is -0.657. The second kappa shape index (κ2) is 9.52. The summed E-state index contributed by atoms with van der Waals surface area (Å²) < 4.78 is 25.1. The molecule has 2 rings (SSSR count). The lowest BCUT2D eigenvalue weighted by Gasteiger charge is -2.32. The first kappa shape index (κ1) is 25.7. The third kappa shape index (κ3) is 5.82. The zero-order valence-corrected chi connectivity index (χ0v) is 21.2. The van der Waals surface area contributed by atoms with Crippen molar-refractivity contribution in [3.8, 4) is 0 Å². The Bertz CT molecular complexity index is 562. The van der Waals surface area contributed by atoms with E-state index in [0.29, 0.717) is 0 Å². The molecule has 0 atom stereocenters. The molecule has 2 aliphatic heterocycles. The minimum absolute atomic E-state index is 0.329. The van der Waals surface area contributed by atoms with Gasteiger partial charge in [-0.25, -0.2) is 0 Å². The Balaban J connectivity index is 2.34. The van der Waals surface area contributed by atoms with Crippen LogP contribution in [0.1, 0.15) is 108 Å². The van der Waals surface area contributed by atoms with Gasteiger partial charge in [-0.15, -0.1) is 0 Å². The predicted octanol–water partition coefficient (Wildman–Crippen LogP) is 6.48. The third-order valence-corrected chi connectivity index (χ3v) is 7.23. The average Bonchev–Trinajstić information content (AvgIpc) is 2.93. The smallest absolute Gasteiger partial charge is 0.400 e. The SMILES string of the molecule is CCCCC(=C/B1OC(C)(C)C(C)(C)O1)/C(=C\B1OC(C)(C)C(C)(C)O1)CCCC. The standard InChI is InChI=1S/C24H44B2O4/c1-11-13-15-19(17-25-27-21(3,4)22(5,6)28-25)20(16-14-12-2)18-26-29-23(7,8)24(9,10)30-26/h17-18H,11-16H2,1-10H3/b19-17-,20-18-. The van der Waals surface area contributed by atoms with Crippen LogP contribution in [0.5, 0.6) is 0 Å². The molecule has 0 aromatic carbocycles. The molecule has 0 N–H and O–H groups in total. The summed E-state index contributed by atoms with van der Waals surface area (Å²) in [5.41, 5.74) is 1.29. The largest absolute Gasteiger partial charge is 0.487 e. The van der Waals surface area contributed by atoms with Gasteiger partial charge in [0.15, 0.2) is 0 Å². The molecule has 2 heterocycles. The molecule has 0 amide bonds. The molecule has 6 heteroatoms. The summed E-state index contributed by atoms with van der Waals surface area (Å²) in [4.78, 5) is 0. The second-order valence-corrected chi connectivity index (χ2v) is 10.8. The molecular weight excluding hydrogens is 374 g/mol. The van der Waals surface area contributed by atoms with Crippen LogP contribution in [0.3, 0.4) is 0 Å². The van der Waals surface area contributed by atoms with Crippen molar-refractivity contribution in [2.24, 2.45) is 0 Å². The van der Waals surface area contributed by atoms with Crippen LogP contribution in [0.25, 0.3) is 0 Å². The van der Waals surface area contributed by atoms with Gasteiger partial charge in [-0.05, 0) is 81.1 Å². The maximum atomic E-state index is 6.28. The lowest BCUT2D eigenvalue weighted by atomic mass is 9.77. The van der Waals surface area contributed by atoms with E-state index >= 15 is 0 Å². The van der Waals surface area contributed by atoms with Crippen LogP contribution in [0.4, 0.5) is 0 Å². The van der Waals surface area contributed by atoms with Crippen molar-refractivity contribution in [3.63, 3.8) is 0 Å². The van der Waals surface area contributed by atoms with Gasteiger partial charge in [-0.1, -0.05) is 49.8 Å². The fourth-order valence-corrected chi connectivity index (χ4v) is 3.68. The molecule has 2 fully saturated rings. The van der Waals surface area contributed by atoms with Crippen molar-refractivity contribution < 1.29 is 18.6 Å². The Hall–Kier alpha value is -0.550. The van der Waals surface area contributed by atoms with E-state index in [4.69, 9.17) is 18.6 Å². The molecule has 0 aromatic rings. The van der Waals surface area contributed by atoms with E-state index in [1.807, 2.05) is 0 Å². The number of allylic oxidation sites excluding steroid dienone is 2. The van der Waals surface area contributed by atoms with Gasteiger partial charge in [0.2, 0.25) is 0 Å². The van der Waals surface area contributed by atoms with Gasteiger partial charge < -0.3 is 18.6 Å². The Labute approximate surface area is 186 Å². The molecular formula is C24H44B2O4. The monoisotopic (exact) mass is 418 g/mol. The van der Waals surface area contributed by atoms with E-state index in [1.165, 1.54) is 11.1 Å². The first-order valence-corrected chi connectivity index (χ1v) is 11.9. The molecule has 0 spiro atoms. The Morgan fingerprint density at radius 1 is 0.567 bits per heavy atom. The summed E-state index contributed by atoms with van der Waals surface area (Å²) in [5, 5.41) is 0. The minimum Gasteiger partial charge on any atom is -0.400 e. The summed E-state index contributed by atoms with van der Waals surface area (Å²) in [5.74, 6) is 4.39. The van der Waals surface area contributed by atoms with Gasteiger partial charge >= 0.3 is 14.2 Å². The highest BCUT2D eigenvalue weighted by Gasteiger charge is 2.51. The van der Waals surface area contributed by atoms with Gasteiger partial charge in [0.1, 0.15) is 0 Å². The van der Waals surface area contributed by atoms with Crippen LogP contribution in [0.2, 0.25) is 0 Å². The summed E-state index contributed by atoms with van der Waals surface area (Å²) in [6, 6.07) is 0. The molecule has 0 saturated carbocycles. The highest BCUT2D eigenvalue weighted by Crippen LogP contribution is 2.40. The highest BCUT2D eigenvalue weighted by atomic mass is 16.7. The summed E-state index contributed by atoms with van der Waals surface area (Å²) >= 11 is 0. The van der Waals surface area contributed by atoms with Crippen LogP contribution >= 0.6 is 0 Å². The van der Waals surface area contributed by atoms with Crippen LogP contribution in [0.15, 0.2) is 23.1 Å². The Kier molecular flexibility index (Phi) is 8.16. The zero-order valence-electron chi connectivity index (χ0n) is 21.2. The van der Waals surface area contributed by atoms with Crippen molar-refractivity contribution in [2.75, 3.05) is 0 Å². The molecule has 4 nitrogen and oxygen atoms in total. The van der Waals surface area contributed by atoms with Crippen LogP contribution in [-0.4, -0.2) is 36.6 Å². The van der Waals surface area contributed by atoms with Crippen molar-refractivity contribution in [3.05, 3.63) is 23.1 Å². The first-order valence-electron chi connectivity index (χ1n) is 11.9. The molecule has 0 unspecified atom stereocenters. The molecule has 0 bridgehead atoms. The van der Waals surface area contributed by atoms with Crippen molar-refractivity contribution in [2.45, 2.75) is 130 Å². The molecule has 170 valence electrons. The van der Waals surface area contributed by atoms with Gasteiger partial charge in [0.05, 0.1) is 22.4 Å². The summed E-state index contributed by atoms with van der Waals surface area (Å²) in [6.07, 6.45) is 6.60. The van der Waals surface area contributed by atoms with Crippen LogP contribution in [0, 0.1) is 0 Å². The number of hydrogen-bond acceptors (Lipinski definition) is 4. The fourth-order valence-electron chi connectivity index (χ4n) is 3.68. The fraction of sp³-hybridized carbons (Fsp3) is 0.833. The quantitative estimate of drug-likeness (QED) is 0.317. The summed E-state index contributed by atoms with van der Waals surface area (Å²) in [6.45, 7) is 21.3. The maximum Gasteiger partial charge on any atom is 0.487 e. The lowest BCUT2D eigenvalue weighted by Crippen LogP contribution is -2.41. The maximum absolute atomic E-state index is 6.28. The number of rotatable bonds is 9. The Morgan fingerprint density at radius 2 is 0.833 bits per heavy atom. The van der Waals surface area contributed by atoms with Gasteiger partial charge in [0.25, 0.3) is 0 Å². The second-order valence-electron chi connectivity index (χ2n) is 10.8.